The number of guanidine groups is 1. The smallest absolute Gasteiger partial charge is 0.229 e. The number of pyridine rings is 1. The topological polar surface area (TPSA) is 83.1 Å². The Morgan fingerprint density at radius 2 is 2.17 bits per heavy atom. The van der Waals surface area contributed by atoms with E-state index in [-0.39, 0.29) is 17.8 Å². The molecule has 0 aliphatic carbocycles. The van der Waals surface area contributed by atoms with Crippen LogP contribution in [0.4, 0.5) is 0 Å². The molecule has 0 aliphatic heterocycles. The van der Waals surface area contributed by atoms with Gasteiger partial charge in [0, 0.05) is 41.9 Å². The Morgan fingerprint density at radius 3 is 2.83 bits per heavy atom. The van der Waals surface area contributed by atoms with Crippen LogP contribution in [0, 0.1) is 17.3 Å². The Balaban J connectivity index is 2.15. The van der Waals surface area contributed by atoms with Gasteiger partial charge in [0.15, 0.2) is 5.96 Å². The SMILES string of the molecule is CC#Cc1cncc(-c2csc([C@H](C)CC(=O)N(C)C(=N)N)c2)c1. The second-order valence-electron chi connectivity index (χ2n) is 5.52. The fourth-order valence-corrected chi connectivity index (χ4v) is 3.18. The molecule has 2 heterocycles. The molecule has 0 saturated carbocycles. The molecule has 24 heavy (non-hydrogen) atoms. The molecule has 0 aliphatic rings. The highest BCUT2D eigenvalue weighted by Crippen LogP contribution is 2.31. The van der Waals surface area contributed by atoms with Crippen molar-refractivity contribution in [3.63, 3.8) is 0 Å². The predicted molar refractivity (Wildman–Crippen MR) is 97.8 cm³/mol. The zero-order valence-electron chi connectivity index (χ0n) is 14.0. The van der Waals surface area contributed by atoms with Crippen LogP contribution in [0.1, 0.15) is 36.6 Å². The first-order valence-electron chi connectivity index (χ1n) is 7.49. The van der Waals surface area contributed by atoms with Crippen molar-refractivity contribution in [1.82, 2.24) is 9.88 Å². The van der Waals surface area contributed by atoms with Gasteiger partial charge in [0.05, 0.1) is 0 Å². The van der Waals surface area contributed by atoms with E-state index in [9.17, 15) is 4.79 Å². The van der Waals surface area contributed by atoms with Gasteiger partial charge in [0.2, 0.25) is 5.91 Å². The second-order valence-corrected chi connectivity index (χ2v) is 6.46. The molecule has 0 radical (unpaired) electrons. The minimum Gasteiger partial charge on any atom is -0.370 e. The normalized spacial score (nSPS) is 11.3. The van der Waals surface area contributed by atoms with E-state index in [2.05, 4.69) is 28.3 Å². The van der Waals surface area contributed by atoms with Crippen molar-refractivity contribution in [2.45, 2.75) is 26.2 Å². The van der Waals surface area contributed by atoms with E-state index < -0.39 is 0 Å². The number of carbonyl (C=O) groups excluding carboxylic acids is 1. The molecule has 1 atom stereocenters. The largest absolute Gasteiger partial charge is 0.370 e. The van der Waals surface area contributed by atoms with E-state index in [1.54, 1.807) is 24.5 Å². The second kappa shape index (κ2) is 7.75. The third-order valence-corrected chi connectivity index (χ3v) is 4.83. The van der Waals surface area contributed by atoms with Crippen molar-refractivity contribution < 1.29 is 4.79 Å². The molecule has 0 spiro atoms. The number of carbonyl (C=O) groups is 1. The number of nitrogens with two attached hydrogens (primary N) is 1. The van der Waals surface area contributed by atoms with Gasteiger partial charge >= 0.3 is 0 Å². The van der Waals surface area contributed by atoms with Gasteiger partial charge in [0.1, 0.15) is 0 Å². The summed E-state index contributed by atoms with van der Waals surface area (Å²) in [5.74, 6) is 5.54. The number of amides is 1. The fourth-order valence-electron chi connectivity index (χ4n) is 2.21. The molecule has 124 valence electrons. The quantitative estimate of drug-likeness (QED) is 0.510. The fraction of sp³-hybridized carbons (Fsp3) is 0.278. The molecule has 1 amide bonds. The summed E-state index contributed by atoms with van der Waals surface area (Å²) in [5, 5.41) is 9.38. The van der Waals surface area contributed by atoms with E-state index >= 15 is 0 Å². The highest BCUT2D eigenvalue weighted by atomic mass is 32.1. The summed E-state index contributed by atoms with van der Waals surface area (Å²) in [6, 6.07) is 4.09. The van der Waals surface area contributed by atoms with Crippen LogP contribution >= 0.6 is 11.3 Å². The van der Waals surface area contributed by atoms with E-state index in [0.29, 0.717) is 6.42 Å². The summed E-state index contributed by atoms with van der Waals surface area (Å²) >= 11 is 1.61. The summed E-state index contributed by atoms with van der Waals surface area (Å²) in [7, 11) is 1.52. The van der Waals surface area contributed by atoms with Gasteiger partial charge in [-0.15, -0.1) is 17.3 Å². The summed E-state index contributed by atoms with van der Waals surface area (Å²) in [4.78, 5) is 18.6. The average molecular weight is 340 g/mol. The lowest BCUT2D eigenvalue weighted by Gasteiger charge is -2.16. The van der Waals surface area contributed by atoms with Crippen LogP contribution in [0.5, 0.6) is 0 Å². The van der Waals surface area contributed by atoms with Crippen molar-refractivity contribution in [2.24, 2.45) is 5.73 Å². The van der Waals surface area contributed by atoms with E-state index in [4.69, 9.17) is 11.1 Å². The molecule has 0 bridgehead atoms. The molecule has 5 nitrogen and oxygen atoms in total. The molecule has 0 aromatic carbocycles. The van der Waals surface area contributed by atoms with Crippen LogP contribution < -0.4 is 5.73 Å². The Bertz CT molecular complexity index is 816. The lowest BCUT2D eigenvalue weighted by molar-refractivity contribution is -0.126. The summed E-state index contributed by atoms with van der Waals surface area (Å²) in [6.07, 6.45) is 3.87. The lowest BCUT2D eigenvalue weighted by Crippen LogP contribution is -2.38. The molecule has 2 aromatic heterocycles. The highest BCUT2D eigenvalue weighted by Gasteiger charge is 2.18. The van der Waals surface area contributed by atoms with Crippen molar-refractivity contribution in [3.8, 4) is 23.0 Å². The van der Waals surface area contributed by atoms with Gasteiger partial charge in [-0.25, -0.2) is 0 Å². The van der Waals surface area contributed by atoms with Crippen LogP contribution in [-0.4, -0.2) is 28.8 Å². The third-order valence-electron chi connectivity index (χ3n) is 3.66. The van der Waals surface area contributed by atoms with Gasteiger partial charge in [-0.05, 0) is 35.9 Å². The van der Waals surface area contributed by atoms with E-state index in [1.165, 1.54) is 11.9 Å². The maximum Gasteiger partial charge on any atom is 0.229 e. The van der Waals surface area contributed by atoms with Crippen LogP contribution in [-0.2, 0) is 4.79 Å². The van der Waals surface area contributed by atoms with E-state index in [1.807, 2.05) is 19.2 Å². The first-order valence-corrected chi connectivity index (χ1v) is 8.37. The molecular weight excluding hydrogens is 320 g/mol. The Kier molecular flexibility index (Phi) is 5.72. The standard InChI is InChI=1S/C18H20N4OS/c1-4-5-13-7-14(10-21-9-13)15-8-16(24-11-15)12(2)6-17(23)22(3)18(19)20/h7-12H,6H2,1-3H3,(H3,19,20)/t12-/m1/s1. The van der Waals surface area contributed by atoms with Crippen molar-refractivity contribution in [3.05, 3.63) is 40.3 Å². The Labute approximate surface area is 146 Å². The molecule has 3 N–H and O–H groups in total. The first kappa shape index (κ1) is 17.7. The molecule has 2 aromatic rings. The summed E-state index contributed by atoms with van der Waals surface area (Å²) < 4.78 is 0. The average Bonchev–Trinajstić information content (AvgIpc) is 3.04. The number of nitrogens with one attached hydrogen (secondary N) is 1. The van der Waals surface area contributed by atoms with Gasteiger partial charge in [0.25, 0.3) is 0 Å². The number of rotatable bonds is 4. The molecule has 0 unspecified atom stereocenters. The zero-order valence-corrected chi connectivity index (χ0v) is 14.8. The predicted octanol–water partition coefficient (Wildman–Crippen LogP) is 3.03. The van der Waals surface area contributed by atoms with Crippen LogP contribution in [0.3, 0.4) is 0 Å². The maximum absolute atomic E-state index is 12.0. The summed E-state index contributed by atoms with van der Waals surface area (Å²) in [6.45, 7) is 3.80. The third kappa shape index (κ3) is 4.21. The highest BCUT2D eigenvalue weighted by molar-refractivity contribution is 7.10. The number of aromatic nitrogens is 1. The Hall–Kier alpha value is -2.65. The van der Waals surface area contributed by atoms with Crippen LogP contribution in [0.25, 0.3) is 11.1 Å². The van der Waals surface area contributed by atoms with Crippen LogP contribution in [0.15, 0.2) is 29.9 Å². The summed E-state index contributed by atoms with van der Waals surface area (Å²) in [5.41, 5.74) is 8.31. The zero-order chi connectivity index (χ0) is 17.7. The maximum atomic E-state index is 12.0. The van der Waals surface area contributed by atoms with Gasteiger partial charge < -0.3 is 5.73 Å². The number of hydrogen-bond donors (Lipinski definition) is 2. The number of thiophene rings is 1. The van der Waals surface area contributed by atoms with Crippen molar-refractivity contribution in [1.29, 1.82) is 5.41 Å². The Morgan fingerprint density at radius 1 is 1.42 bits per heavy atom. The molecule has 2 rings (SSSR count). The number of hydrogen-bond acceptors (Lipinski definition) is 4. The van der Waals surface area contributed by atoms with Crippen LogP contribution in [0.2, 0.25) is 0 Å². The molecular formula is C18H20N4OS. The van der Waals surface area contributed by atoms with Gasteiger partial charge in [-0.2, -0.15) is 0 Å². The minimum atomic E-state index is -0.237. The lowest BCUT2D eigenvalue weighted by atomic mass is 10.0. The minimum absolute atomic E-state index is 0.0598. The van der Waals surface area contributed by atoms with Gasteiger partial charge in [-0.3, -0.25) is 20.1 Å². The van der Waals surface area contributed by atoms with E-state index in [0.717, 1.165) is 21.6 Å². The van der Waals surface area contributed by atoms with Crippen molar-refractivity contribution >= 4 is 23.2 Å². The monoisotopic (exact) mass is 340 g/mol. The molecule has 0 fully saturated rings. The number of nitrogens with zero attached hydrogens (tertiary/aromatic N) is 2. The van der Waals surface area contributed by atoms with Gasteiger partial charge in [-0.1, -0.05) is 12.8 Å². The van der Waals surface area contributed by atoms with Crippen molar-refractivity contribution in [2.75, 3.05) is 7.05 Å². The molecule has 6 heteroatoms. The first-order chi connectivity index (χ1) is 11.4. The molecule has 0 saturated heterocycles.